The van der Waals surface area contributed by atoms with E-state index < -0.39 is 0 Å². The minimum Gasteiger partial charge on any atom is -0.348 e. The molecule has 1 amide bonds. The molecule has 5 heteroatoms. The molecule has 1 atom stereocenters. The third-order valence-electron chi connectivity index (χ3n) is 4.04. The summed E-state index contributed by atoms with van der Waals surface area (Å²) >= 11 is 1.68. The van der Waals surface area contributed by atoms with Crippen LogP contribution in [0.5, 0.6) is 0 Å². The van der Waals surface area contributed by atoms with E-state index in [9.17, 15) is 4.79 Å². The summed E-state index contributed by atoms with van der Waals surface area (Å²) in [7, 11) is 0. The summed E-state index contributed by atoms with van der Waals surface area (Å²) in [4.78, 5) is 14.5. The number of ether oxygens (including phenoxy) is 2. The van der Waals surface area contributed by atoms with E-state index >= 15 is 0 Å². The summed E-state index contributed by atoms with van der Waals surface area (Å²) in [6.45, 7) is 2.15. The van der Waals surface area contributed by atoms with Crippen molar-refractivity contribution in [3.8, 4) is 0 Å². The van der Waals surface area contributed by atoms with Gasteiger partial charge in [0.2, 0.25) is 5.91 Å². The van der Waals surface area contributed by atoms with Gasteiger partial charge in [0.1, 0.15) is 0 Å². The predicted molar refractivity (Wildman–Crippen MR) is 77.7 cm³/mol. The van der Waals surface area contributed by atoms with E-state index in [4.69, 9.17) is 9.47 Å². The Balaban J connectivity index is 1.58. The van der Waals surface area contributed by atoms with Crippen molar-refractivity contribution in [1.29, 1.82) is 0 Å². The van der Waals surface area contributed by atoms with Crippen molar-refractivity contribution in [3.63, 3.8) is 0 Å². The SMILES string of the molecule is O=C(CCc1ccsc1)N1CCCCC1C1OCCO1. The van der Waals surface area contributed by atoms with Crippen LogP contribution in [-0.4, -0.2) is 42.9 Å². The maximum atomic E-state index is 12.5. The van der Waals surface area contributed by atoms with Crippen molar-refractivity contribution < 1.29 is 14.3 Å². The van der Waals surface area contributed by atoms with Gasteiger partial charge in [0.15, 0.2) is 6.29 Å². The van der Waals surface area contributed by atoms with Crippen LogP contribution in [0.1, 0.15) is 31.2 Å². The van der Waals surface area contributed by atoms with E-state index in [1.54, 1.807) is 11.3 Å². The van der Waals surface area contributed by atoms with Gasteiger partial charge in [-0.1, -0.05) is 0 Å². The molecule has 0 radical (unpaired) electrons. The highest BCUT2D eigenvalue weighted by atomic mass is 32.1. The molecule has 1 aromatic rings. The minimum absolute atomic E-state index is 0.112. The van der Waals surface area contributed by atoms with Gasteiger partial charge in [-0.25, -0.2) is 0 Å². The molecule has 1 unspecified atom stereocenters. The number of piperidine rings is 1. The molecule has 0 aromatic carbocycles. The molecule has 20 heavy (non-hydrogen) atoms. The van der Waals surface area contributed by atoms with Gasteiger partial charge in [-0.3, -0.25) is 4.79 Å². The molecule has 2 saturated heterocycles. The number of hydrogen-bond donors (Lipinski definition) is 0. The van der Waals surface area contributed by atoms with Gasteiger partial charge in [-0.2, -0.15) is 11.3 Å². The van der Waals surface area contributed by atoms with Crippen LogP contribution in [0.25, 0.3) is 0 Å². The number of aryl methyl sites for hydroxylation is 1. The fraction of sp³-hybridized carbons (Fsp3) is 0.667. The van der Waals surface area contributed by atoms with E-state index in [0.29, 0.717) is 19.6 Å². The predicted octanol–water partition coefficient (Wildman–Crippen LogP) is 2.43. The Hall–Kier alpha value is -0.910. The number of likely N-dealkylation sites (tertiary alicyclic amines) is 1. The van der Waals surface area contributed by atoms with Gasteiger partial charge in [0.25, 0.3) is 0 Å². The van der Waals surface area contributed by atoms with E-state index in [0.717, 1.165) is 32.2 Å². The molecule has 2 fully saturated rings. The molecule has 0 bridgehead atoms. The highest BCUT2D eigenvalue weighted by molar-refractivity contribution is 7.07. The van der Waals surface area contributed by atoms with Crippen molar-refractivity contribution >= 4 is 17.2 Å². The summed E-state index contributed by atoms with van der Waals surface area (Å²) < 4.78 is 11.2. The first kappa shape index (κ1) is 14.0. The van der Waals surface area contributed by atoms with Gasteiger partial charge in [0, 0.05) is 13.0 Å². The topological polar surface area (TPSA) is 38.8 Å². The third kappa shape index (κ3) is 3.22. The third-order valence-corrected chi connectivity index (χ3v) is 4.77. The lowest BCUT2D eigenvalue weighted by Crippen LogP contribution is -2.50. The maximum absolute atomic E-state index is 12.5. The first-order valence-electron chi connectivity index (χ1n) is 7.38. The lowest BCUT2D eigenvalue weighted by Gasteiger charge is -2.38. The number of amides is 1. The summed E-state index contributed by atoms with van der Waals surface area (Å²) in [5.41, 5.74) is 1.25. The highest BCUT2D eigenvalue weighted by Gasteiger charge is 2.35. The van der Waals surface area contributed by atoms with Crippen LogP contribution in [-0.2, 0) is 20.7 Å². The average molecular weight is 295 g/mol. The van der Waals surface area contributed by atoms with Crippen LogP contribution < -0.4 is 0 Å². The second-order valence-electron chi connectivity index (χ2n) is 5.39. The molecule has 3 rings (SSSR count). The fourth-order valence-corrected chi connectivity index (χ4v) is 3.68. The molecule has 0 N–H and O–H groups in total. The number of nitrogens with zero attached hydrogens (tertiary/aromatic N) is 1. The number of thiophene rings is 1. The molecule has 2 aliphatic heterocycles. The lowest BCUT2D eigenvalue weighted by molar-refractivity contribution is -0.150. The minimum atomic E-state index is -0.208. The smallest absolute Gasteiger partial charge is 0.223 e. The van der Waals surface area contributed by atoms with Crippen molar-refractivity contribution in [1.82, 2.24) is 4.90 Å². The summed E-state index contributed by atoms with van der Waals surface area (Å²) in [6.07, 6.45) is 4.45. The van der Waals surface area contributed by atoms with Crippen LogP contribution in [0.15, 0.2) is 16.8 Å². The Morgan fingerprint density at radius 1 is 1.35 bits per heavy atom. The van der Waals surface area contributed by atoms with Gasteiger partial charge in [-0.15, -0.1) is 0 Å². The normalized spacial score (nSPS) is 24.2. The number of carbonyl (C=O) groups is 1. The zero-order valence-corrected chi connectivity index (χ0v) is 12.4. The monoisotopic (exact) mass is 295 g/mol. The Morgan fingerprint density at radius 3 is 2.95 bits per heavy atom. The molecule has 4 nitrogen and oxygen atoms in total. The van der Waals surface area contributed by atoms with Crippen LogP contribution in [0.2, 0.25) is 0 Å². The number of carbonyl (C=O) groups excluding carboxylic acids is 1. The lowest BCUT2D eigenvalue weighted by atomic mass is 10.0. The van der Waals surface area contributed by atoms with Crippen LogP contribution in [0.4, 0.5) is 0 Å². The van der Waals surface area contributed by atoms with E-state index in [-0.39, 0.29) is 18.2 Å². The van der Waals surface area contributed by atoms with Crippen molar-refractivity contribution in [2.24, 2.45) is 0 Å². The summed E-state index contributed by atoms with van der Waals surface area (Å²) in [6, 6.07) is 2.20. The summed E-state index contributed by atoms with van der Waals surface area (Å²) in [5, 5.41) is 4.17. The molecular formula is C15H21NO3S. The second-order valence-corrected chi connectivity index (χ2v) is 6.17. The Kier molecular flexibility index (Phi) is 4.70. The maximum Gasteiger partial charge on any atom is 0.223 e. The summed E-state index contributed by atoms with van der Waals surface area (Å²) in [5.74, 6) is 0.236. The zero-order valence-electron chi connectivity index (χ0n) is 11.6. The van der Waals surface area contributed by atoms with Gasteiger partial charge in [0.05, 0.1) is 19.3 Å². The molecule has 3 heterocycles. The molecule has 0 aliphatic carbocycles. The molecule has 0 spiro atoms. The Labute approximate surface area is 123 Å². The largest absolute Gasteiger partial charge is 0.348 e. The van der Waals surface area contributed by atoms with Crippen molar-refractivity contribution in [2.45, 2.75) is 44.4 Å². The van der Waals surface area contributed by atoms with Gasteiger partial charge < -0.3 is 14.4 Å². The fourth-order valence-electron chi connectivity index (χ4n) is 2.98. The molecule has 1 aromatic heterocycles. The Morgan fingerprint density at radius 2 is 2.20 bits per heavy atom. The van der Waals surface area contributed by atoms with Gasteiger partial charge in [-0.05, 0) is 48.1 Å². The van der Waals surface area contributed by atoms with Crippen LogP contribution in [0, 0.1) is 0 Å². The van der Waals surface area contributed by atoms with Crippen LogP contribution in [0.3, 0.4) is 0 Å². The quantitative estimate of drug-likeness (QED) is 0.856. The zero-order chi connectivity index (χ0) is 13.8. The van der Waals surface area contributed by atoms with E-state index in [1.165, 1.54) is 5.56 Å². The first-order valence-corrected chi connectivity index (χ1v) is 8.32. The van der Waals surface area contributed by atoms with Crippen molar-refractivity contribution in [3.05, 3.63) is 22.4 Å². The van der Waals surface area contributed by atoms with Gasteiger partial charge >= 0.3 is 0 Å². The van der Waals surface area contributed by atoms with Crippen molar-refractivity contribution in [2.75, 3.05) is 19.8 Å². The van der Waals surface area contributed by atoms with E-state index in [2.05, 4.69) is 16.8 Å². The van der Waals surface area contributed by atoms with Crippen LogP contribution >= 0.6 is 11.3 Å². The molecule has 110 valence electrons. The molecule has 0 saturated carbocycles. The first-order chi connectivity index (χ1) is 9.84. The van der Waals surface area contributed by atoms with E-state index in [1.807, 2.05) is 4.90 Å². The highest BCUT2D eigenvalue weighted by Crippen LogP contribution is 2.25. The second kappa shape index (κ2) is 6.70. The molecular weight excluding hydrogens is 274 g/mol. The standard InChI is InChI=1S/C15H21NO3S/c17-14(5-4-12-6-10-20-11-12)16-7-2-1-3-13(16)15-18-8-9-19-15/h6,10-11,13,15H,1-5,7-9H2. The number of rotatable bonds is 4. The average Bonchev–Trinajstić information content (AvgIpc) is 3.18. The molecule has 2 aliphatic rings. The Bertz CT molecular complexity index is 428. The number of hydrogen-bond acceptors (Lipinski definition) is 4.